The lowest BCUT2D eigenvalue weighted by molar-refractivity contribution is -0.697. The minimum atomic E-state index is 0.523. The van der Waals surface area contributed by atoms with Crippen LogP contribution in [0.5, 0.6) is 23.0 Å². The minimum absolute atomic E-state index is 0.523. The van der Waals surface area contributed by atoms with Crippen molar-refractivity contribution in [2.24, 2.45) is 0 Å². The molecule has 0 unspecified atom stereocenters. The van der Waals surface area contributed by atoms with Gasteiger partial charge in [0.2, 0.25) is 0 Å². The molecule has 17 aromatic rings. The first kappa shape index (κ1) is 69.2. The number of aryl methyl sites for hydroxylation is 4. The van der Waals surface area contributed by atoms with Gasteiger partial charge in [0.15, 0.2) is 49.6 Å². The lowest BCUT2D eigenvalue weighted by atomic mass is 9.93. The standard InChI is InChI=1S/C100H86N8O4/c1-13-37-105(38-14-1)45-21-25-49-109-79-53-77(54-80(65-79)110-50-26-22-46-106-39-15-2-16-40-106)95-97-87-61-73-33-9-5-29-69(73)57-83(87)91(101-97)67-93-85-59-71-31-7-11-35-75(71)63-89(85)99(103-93)96(78-55-81(111-51-27-23-47-107-41-17-3-18-42-107)66-82(56-78)112-52-28-24-48-108-43-19-4-20-44-108)100-90-64-76-36-12-8-32-72(76)60-86(90)94(104-100)68-92-84-58-70-30-6-10-34-74(70)62-88(84)98(95)102-92/h1-20,29-44,53-68,101,104H,21-28,45-52H2/q+4. The van der Waals surface area contributed by atoms with E-state index in [1.807, 2.05) is 0 Å². The second kappa shape index (κ2) is 31.3. The molecule has 0 saturated heterocycles. The maximum atomic E-state index is 6.99. The highest BCUT2D eigenvalue weighted by Crippen LogP contribution is 2.51. The molecular formula is C100H86N8O4+4. The number of rotatable bonds is 26. The molecule has 8 bridgehead atoms. The second-order valence-electron chi connectivity index (χ2n) is 29.6. The average Bonchev–Trinajstić information content (AvgIpc) is 1.56. The number of unbranched alkanes of at least 4 members (excludes halogenated alkanes) is 4. The molecule has 0 fully saturated rings. The Kier molecular flexibility index (Phi) is 19.4. The van der Waals surface area contributed by atoms with E-state index in [0.717, 1.165) is 255 Å². The van der Waals surface area contributed by atoms with Gasteiger partial charge in [0.05, 0.1) is 60.2 Å². The summed E-state index contributed by atoms with van der Waals surface area (Å²) in [5.41, 5.74) is 14.7. The van der Waals surface area contributed by atoms with Gasteiger partial charge in [0.25, 0.3) is 0 Å². The van der Waals surface area contributed by atoms with Crippen LogP contribution >= 0.6 is 0 Å². The predicted molar refractivity (Wildman–Crippen MR) is 451 cm³/mol. The largest absolute Gasteiger partial charge is 0.493 e. The third-order valence-corrected chi connectivity index (χ3v) is 22.0. The molecule has 7 aromatic heterocycles. The van der Waals surface area contributed by atoms with Crippen molar-refractivity contribution >= 4 is 86.7 Å². The summed E-state index contributed by atoms with van der Waals surface area (Å²) in [7, 11) is 0. The Labute approximate surface area is 650 Å². The first-order valence-electron chi connectivity index (χ1n) is 39.6. The van der Waals surface area contributed by atoms with Crippen molar-refractivity contribution in [1.29, 1.82) is 0 Å². The molecule has 19 rings (SSSR count). The fraction of sp³-hybridized carbons (Fsp3) is 0.160. The van der Waals surface area contributed by atoms with E-state index < -0.39 is 0 Å². The predicted octanol–water partition coefficient (Wildman–Crippen LogP) is 21.8. The Morgan fingerprint density at radius 3 is 0.812 bits per heavy atom. The van der Waals surface area contributed by atoms with Crippen LogP contribution in [0.4, 0.5) is 0 Å². The minimum Gasteiger partial charge on any atom is -0.493 e. The monoisotopic (exact) mass is 1460 g/mol. The first-order valence-corrected chi connectivity index (χ1v) is 39.6. The maximum Gasteiger partial charge on any atom is 0.168 e. The lowest BCUT2D eigenvalue weighted by Crippen LogP contribution is -2.32. The van der Waals surface area contributed by atoms with Crippen LogP contribution in [0.1, 0.15) is 51.4 Å². The Bertz CT molecular complexity index is 6010. The quantitative estimate of drug-likeness (QED) is 0.0413. The zero-order valence-corrected chi connectivity index (χ0v) is 62.7. The summed E-state index contributed by atoms with van der Waals surface area (Å²) in [4.78, 5) is 20.7. The number of pyridine rings is 4. The van der Waals surface area contributed by atoms with Crippen molar-refractivity contribution in [2.45, 2.75) is 77.5 Å². The summed E-state index contributed by atoms with van der Waals surface area (Å²) in [5, 5.41) is 13.1. The zero-order valence-electron chi connectivity index (χ0n) is 62.7. The van der Waals surface area contributed by atoms with Crippen LogP contribution in [-0.4, -0.2) is 46.4 Å². The summed E-state index contributed by atoms with van der Waals surface area (Å²) in [5.74, 6) is 2.90. The van der Waals surface area contributed by atoms with Gasteiger partial charge in [-0.1, -0.05) is 121 Å². The Hall–Kier alpha value is -13.3. The number of benzene rings is 10. The van der Waals surface area contributed by atoms with E-state index in [4.69, 9.17) is 28.9 Å². The van der Waals surface area contributed by atoms with Crippen LogP contribution in [0.15, 0.2) is 316 Å². The average molecular weight is 1460 g/mol. The molecule has 546 valence electrons. The number of aromatic amines is 2. The number of nitrogens with one attached hydrogen (secondary N) is 2. The summed E-state index contributed by atoms with van der Waals surface area (Å²) in [6.07, 6.45) is 24.3. The van der Waals surface area contributed by atoms with Crippen molar-refractivity contribution in [1.82, 2.24) is 19.9 Å². The van der Waals surface area contributed by atoms with Gasteiger partial charge in [-0.3, -0.25) is 0 Å². The van der Waals surface area contributed by atoms with Gasteiger partial charge >= 0.3 is 0 Å². The lowest BCUT2D eigenvalue weighted by Gasteiger charge is -2.14. The molecule has 112 heavy (non-hydrogen) atoms. The molecule has 0 aliphatic carbocycles. The van der Waals surface area contributed by atoms with Gasteiger partial charge in [0, 0.05) is 152 Å². The van der Waals surface area contributed by atoms with E-state index in [2.05, 4.69) is 345 Å². The van der Waals surface area contributed by atoms with Gasteiger partial charge in [-0.05, 0) is 165 Å². The SMILES string of the molecule is c1cc[n+](CCCCOc2cc(OCCCC[n+]3ccccc3)cc(-c3c4nc(cc5[nH]c(c(-c6cc(OCCCC[n+]7ccccc7)cc(OCCCC[n+]7ccccc7)c6)c6nc(cc7[nH]c3c3cc8ccccc8cc73)-c3cc7ccccc7cc3-6)c3cc6ccccc6cc53)-c3cc5ccccc5cc3-4)c2)cc1. The van der Waals surface area contributed by atoms with Gasteiger partial charge in [-0.15, -0.1) is 0 Å². The van der Waals surface area contributed by atoms with Crippen LogP contribution in [0, 0.1) is 0 Å². The van der Waals surface area contributed by atoms with E-state index in [1.54, 1.807) is 0 Å². The Morgan fingerprint density at radius 2 is 0.518 bits per heavy atom. The van der Waals surface area contributed by atoms with Crippen molar-refractivity contribution in [3.8, 4) is 90.3 Å². The number of aromatic nitrogens is 8. The van der Waals surface area contributed by atoms with Gasteiger partial charge < -0.3 is 28.9 Å². The summed E-state index contributed by atoms with van der Waals surface area (Å²) < 4.78 is 36.9. The number of ether oxygens (including phenoxy) is 4. The summed E-state index contributed by atoms with van der Waals surface area (Å²) in [6.45, 7) is 5.67. The fourth-order valence-electron chi connectivity index (χ4n) is 16.4. The van der Waals surface area contributed by atoms with E-state index in [1.165, 1.54) is 0 Å². The van der Waals surface area contributed by atoms with Gasteiger partial charge in [-0.25, -0.2) is 28.2 Å². The van der Waals surface area contributed by atoms with Crippen molar-refractivity contribution in [3.05, 3.63) is 316 Å². The molecular weight excluding hydrogens is 1380 g/mol. The fourth-order valence-corrected chi connectivity index (χ4v) is 16.4. The second-order valence-corrected chi connectivity index (χ2v) is 29.6. The van der Waals surface area contributed by atoms with Crippen molar-refractivity contribution in [2.75, 3.05) is 26.4 Å². The topological polar surface area (TPSA) is 110 Å². The van der Waals surface area contributed by atoms with Crippen LogP contribution in [0.2, 0.25) is 0 Å². The number of hydrogen-bond acceptors (Lipinski definition) is 6. The van der Waals surface area contributed by atoms with Crippen LogP contribution in [-0.2, 0) is 26.2 Å². The molecule has 2 N–H and O–H groups in total. The molecule has 0 radical (unpaired) electrons. The molecule has 0 saturated carbocycles. The maximum absolute atomic E-state index is 6.99. The van der Waals surface area contributed by atoms with E-state index >= 15 is 0 Å². The van der Waals surface area contributed by atoms with Crippen molar-refractivity contribution < 1.29 is 37.2 Å². The van der Waals surface area contributed by atoms with Crippen LogP contribution in [0.3, 0.4) is 0 Å². The zero-order chi connectivity index (χ0) is 74.5. The van der Waals surface area contributed by atoms with E-state index in [9.17, 15) is 0 Å². The van der Waals surface area contributed by atoms with Gasteiger partial charge in [-0.2, -0.15) is 0 Å². The molecule has 12 heteroatoms. The van der Waals surface area contributed by atoms with Gasteiger partial charge in [0.1, 0.15) is 49.2 Å². The number of H-pyrrole nitrogens is 2. The smallest absolute Gasteiger partial charge is 0.168 e. The number of nitrogens with zero attached hydrogens (tertiary/aromatic N) is 6. The molecule has 2 aliphatic rings. The normalized spacial score (nSPS) is 11.8. The summed E-state index contributed by atoms with van der Waals surface area (Å²) >= 11 is 0. The number of hydrogen-bond donors (Lipinski definition) is 2. The van der Waals surface area contributed by atoms with Crippen LogP contribution < -0.4 is 37.2 Å². The third kappa shape index (κ3) is 14.5. The Morgan fingerprint density at radius 1 is 0.250 bits per heavy atom. The Balaban J connectivity index is 0.877. The summed E-state index contributed by atoms with van der Waals surface area (Å²) in [6, 6.07) is 96.1. The molecule has 0 amide bonds. The number of fused-ring (bicyclic) bond motifs is 24. The first-order chi connectivity index (χ1) is 55.5. The third-order valence-electron chi connectivity index (χ3n) is 22.0. The van der Waals surface area contributed by atoms with Crippen molar-refractivity contribution in [3.63, 3.8) is 0 Å². The highest BCUT2D eigenvalue weighted by atomic mass is 16.5. The molecule has 9 heterocycles. The molecule has 0 spiro atoms. The van der Waals surface area contributed by atoms with E-state index in [0.29, 0.717) is 26.4 Å². The molecule has 12 nitrogen and oxygen atoms in total. The highest BCUT2D eigenvalue weighted by molar-refractivity contribution is 6.21. The highest BCUT2D eigenvalue weighted by Gasteiger charge is 2.29. The molecule has 10 aromatic carbocycles. The molecule has 2 aliphatic heterocycles. The van der Waals surface area contributed by atoms with E-state index in [-0.39, 0.29) is 0 Å². The molecule has 0 atom stereocenters. The van der Waals surface area contributed by atoms with Crippen LogP contribution in [0.25, 0.3) is 154 Å².